The summed E-state index contributed by atoms with van der Waals surface area (Å²) in [4.78, 5) is 23.1. The normalized spacial score (nSPS) is 23.4. The molecule has 0 radical (unpaired) electrons. The van der Waals surface area contributed by atoms with E-state index in [9.17, 15) is 13.2 Å². The molecule has 4 atom stereocenters. The lowest BCUT2D eigenvalue weighted by Crippen LogP contribution is -2.35. The van der Waals surface area contributed by atoms with Crippen molar-refractivity contribution >= 4 is 49.6 Å². The summed E-state index contributed by atoms with van der Waals surface area (Å²) in [6, 6.07) is 9.57. The minimum absolute atomic E-state index is 0.150. The van der Waals surface area contributed by atoms with Crippen LogP contribution in [0.3, 0.4) is 0 Å². The van der Waals surface area contributed by atoms with E-state index in [1.54, 1.807) is 42.6 Å². The van der Waals surface area contributed by atoms with E-state index in [0.717, 1.165) is 16.6 Å². The van der Waals surface area contributed by atoms with Gasteiger partial charge in [0.2, 0.25) is 5.78 Å². The van der Waals surface area contributed by atoms with E-state index in [1.807, 2.05) is 12.1 Å². The second-order valence-electron chi connectivity index (χ2n) is 10.3. The Morgan fingerprint density at radius 1 is 1.29 bits per heavy atom. The summed E-state index contributed by atoms with van der Waals surface area (Å²) in [6.45, 7) is 3.94. The first-order valence-electron chi connectivity index (χ1n) is 13.0. The Hall–Kier alpha value is -2.40. The Bertz CT molecular complexity index is 1500. The molecule has 1 aliphatic carbocycles. The molecule has 15 heteroatoms. The van der Waals surface area contributed by atoms with E-state index in [2.05, 4.69) is 48.4 Å². The number of hydrogen-bond acceptors (Lipinski definition) is 11. The fourth-order valence-corrected chi connectivity index (χ4v) is 6.72. The predicted molar refractivity (Wildman–Crippen MR) is 156 cm³/mol. The Labute approximate surface area is 251 Å². The quantitative estimate of drug-likeness (QED) is 0.166. The molecule has 1 aromatic carbocycles. The third-order valence-corrected chi connectivity index (χ3v) is 9.15. The summed E-state index contributed by atoms with van der Waals surface area (Å²) in [6.07, 6.45) is 4.15. The van der Waals surface area contributed by atoms with Crippen molar-refractivity contribution in [2.45, 2.75) is 55.7 Å². The van der Waals surface area contributed by atoms with Crippen LogP contribution in [0.5, 0.6) is 0 Å². The van der Waals surface area contributed by atoms with Gasteiger partial charge in [0.05, 0.1) is 30.9 Å². The van der Waals surface area contributed by atoms with Gasteiger partial charge in [0.15, 0.2) is 5.79 Å². The van der Waals surface area contributed by atoms with Crippen molar-refractivity contribution < 1.29 is 26.9 Å². The van der Waals surface area contributed by atoms with E-state index < -0.39 is 28.3 Å². The molecule has 220 valence electrons. The van der Waals surface area contributed by atoms with Crippen molar-refractivity contribution in [2.24, 2.45) is 11.1 Å². The summed E-state index contributed by atoms with van der Waals surface area (Å²) in [5.41, 5.74) is 1.60. The van der Waals surface area contributed by atoms with E-state index in [-0.39, 0.29) is 35.6 Å². The van der Waals surface area contributed by atoms with Crippen LogP contribution < -0.4 is 10.5 Å². The number of carbonyl (C=O) groups excluding carboxylic acids is 1. The number of rotatable bonds is 12. The lowest BCUT2D eigenvalue weighted by Gasteiger charge is -2.24. The number of nitrogens with zero attached hydrogens (tertiary/aromatic N) is 4. The molecule has 0 spiro atoms. The first-order valence-corrected chi connectivity index (χ1v) is 16.5. The molecular weight excluding hydrogens is 636 g/mol. The SMILES string of the molecule is CC1(C)OC2C(COS(N)(=O)=O)CC(Nc3ncncc3C(=O)c3ccn(Cc4cccc(SCCBr)c4)n3)C2O1. The van der Waals surface area contributed by atoms with Gasteiger partial charge in [0, 0.05) is 34.3 Å². The molecule has 3 aromatic rings. The number of fused-ring (bicyclic) bond motifs is 1. The van der Waals surface area contributed by atoms with Crippen LogP contribution in [0.25, 0.3) is 0 Å². The second-order valence-corrected chi connectivity index (χ2v) is 13.5. The van der Waals surface area contributed by atoms with Crippen LogP contribution in [0.4, 0.5) is 5.82 Å². The zero-order valence-corrected chi connectivity index (χ0v) is 25.7. The van der Waals surface area contributed by atoms with Crippen molar-refractivity contribution in [3.05, 3.63) is 65.9 Å². The number of hydrogen-bond donors (Lipinski definition) is 2. The number of thioether (sulfide) groups is 1. The van der Waals surface area contributed by atoms with Gasteiger partial charge in [-0.2, -0.15) is 13.5 Å². The first-order chi connectivity index (χ1) is 19.5. The van der Waals surface area contributed by atoms with Gasteiger partial charge < -0.3 is 14.8 Å². The monoisotopic (exact) mass is 666 g/mol. The minimum atomic E-state index is -4.11. The highest BCUT2D eigenvalue weighted by atomic mass is 79.9. The molecule has 2 fully saturated rings. The highest BCUT2D eigenvalue weighted by molar-refractivity contribution is 9.09. The Morgan fingerprint density at radius 3 is 2.88 bits per heavy atom. The number of aromatic nitrogens is 4. The molecule has 1 aliphatic heterocycles. The van der Waals surface area contributed by atoms with Gasteiger partial charge >= 0.3 is 10.3 Å². The molecular formula is C26H31BrN6O6S2. The number of alkyl halides is 1. The van der Waals surface area contributed by atoms with E-state index in [4.69, 9.17) is 18.8 Å². The highest BCUT2D eigenvalue weighted by Gasteiger charge is 2.54. The number of halogens is 1. The van der Waals surface area contributed by atoms with Crippen LogP contribution in [-0.4, -0.2) is 75.7 Å². The molecule has 1 saturated heterocycles. The third-order valence-electron chi connectivity index (χ3n) is 6.77. The topological polar surface area (TPSA) is 161 Å². The van der Waals surface area contributed by atoms with Crippen molar-refractivity contribution in [2.75, 3.05) is 23.0 Å². The summed E-state index contributed by atoms with van der Waals surface area (Å²) >= 11 is 5.22. The van der Waals surface area contributed by atoms with Gasteiger partial charge in [0.25, 0.3) is 0 Å². The molecule has 0 bridgehead atoms. The number of anilines is 1. The van der Waals surface area contributed by atoms with E-state index >= 15 is 0 Å². The van der Waals surface area contributed by atoms with Crippen LogP contribution in [0.15, 0.2) is 53.9 Å². The number of nitrogens with one attached hydrogen (secondary N) is 1. The summed E-state index contributed by atoms with van der Waals surface area (Å²) in [7, 11) is -4.11. The van der Waals surface area contributed by atoms with Crippen LogP contribution in [0.1, 0.15) is 41.9 Å². The van der Waals surface area contributed by atoms with Crippen molar-refractivity contribution in [1.82, 2.24) is 19.7 Å². The van der Waals surface area contributed by atoms with Gasteiger partial charge in [-0.15, -0.1) is 11.8 Å². The molecule has 0 amide bonds. The standard InChI is InChI=1S/C26H31BrN6O6S2/c1-26(2)38-23-17(14-37-41(28,35)36)11-21(24(23)39-26)31-25-19(12-29-15-30-25)22(34)20-6-8-33(32-20)13-16-4-3-5-18(10-16)40-9-7-27/h3-6,8,10,12,15,17,21,23-24H,7,9,11,13-14H2,1-2H3,(H2,28,35,36)(H,29,30,31). The maximum atomic E-state index is 13.5. The summed E-state index contributed by atoms with van der Waals surface area (Å²) in [5.74, 6) is -0.227. The van der Waals surface area contributed by atoms with Crippen LogP contribution in [0, 0.1) is 5.92 Å². The van der Waals surface area contributed by atoms with Crippen molar-refractivity contribution in [1.29, 1.82) is 0 Å². The van der Waals surface area contributed by atoms with Crippen LogP contribution in [-0.2, 0) is 30.5 Å². The average molecular weight is 668 g/mol. The number of ketones is 1. The van der Waals surface area contributed by atoms with E-state index in [1.165, 1.54) is 17.4 Å². The molecule has 41 heavy (non-hydrogen) atoms. The lowest BCUT2D eigenvalue weighted by molar-refractivity contribution is -0.158. The second kappa shape index (κ2) is 12.5. The molecule has 2 aromatic heterocycles. The number of carbonyl (C=O) groups is 1. The fourth-order valence-electron chi connectivity index (χ4n) is 5.15. The van der Waals surface area contributed by atoms with Gasteiger partial charge in [-0.1, -0.05) is 28.1 Å². The van der Waals surface area contributed by atoms with Gasteiger partial charge in [-0.05, 0) is 44.0 Å². The molecule has 3 N–H and O–H groups in total. The van der Waals surface area contributed by atoms with Gasteiger partial charge in [-0.3, -0.25) is 13.7 Å². The first kappa shape index (κ1) is 30.1. The molecule has 2 aliphatic rings. The lowest BCUT2D eigenvalue weighted by atomic mass is 10.1. The number of nitrogens with two attached hydrogens (primary N) is 1. The maximum Gasteiger partial charge on any atom is 0.333 e. The summed E-state index contributed by atoms with van der Waals surface area (Å²) in [5, 5.41) is 13.8. The molecule has 12 nitrogen and oxygen atoms in total. The minimum Gasteiger partial charge on any atom is -0.364 e. The van der Waals surface area contributed by atoms with Crippen molar-refractivity contribution in [3.8, 4) is 0 Å². The van der Waals surface area contributed by atoms with Gasteiger partial charge in [-0.25, -0.2) is 15.1 Å². The smallest absolute Gasteiger partial charge is 0.333 e. The zero-order chi connectivity index (χ0) is 29.2. The van der Waals surface area contributed by atoms with Crippen LogP contribution in [0.2, 0.25) is 0 Å². The summed E-state index contributed by atoms with van der Waals surface area (Å²) < 4.78 is 41.6. The largest absolute Gasteiger partial charge is 0.364 e. The van der Waals surface area contributed by atoms with Gasteiger partial charge in [0.1, 0.15) is 23.9 Å². The van der Waals surface area contributed by atoms with Crippen molar-refractivity contribution in [3.63, 3.8) is 0 Å². The maximum absolute atomic E-state index is 13.5. The number of benzene rings is 1. The molecule has 1 saturated carbocycles. The Kier molecular flexibility index (Phi) is 9.13. The fraction of sp³-hybridized carbons (Fsp3) is 0.462. The predicted octanol–water partition coefficient (Wildman–Crippen LogP) is 2.98. The van der Waals surface area contributed by atoms with E-state index in [0.29, 0.717) is 18.8 Å². The molecule has 3 heterocycles. The number of ether oxygens (including phenoxy) is 2. The zero-order valence-electron chi connectivity index (χ0n) is 22.5. The molecule has 5 rings (SSSR count). The average Bonchev–Trinajstić information content (AvgIpc) is 3.60. The van der Waals surface area contributed by atoms with Crippen LogP contribution >= 0.6 is 27.7 Å². The Balaban J connectivity index is 1.30. The Morgan fingerprint density at radius 2 is 2.10 bits per heavy atom. The third kappa shape index (κ3) is 7.52. The highest BCUT2D eigenvalue weighted by Crippen LogP contribution is 2.43. The molecule has 4 unspecified atom stereocenters.